The van der Waals surface area contributed by atoms with Crippen molar-refractivity contribution >= 4 is 43.4 Å². The lowest BCUT2D eigenvalue weighted by Crippen LogP contribution is -2.44. The molecular formula is C12H16BrClN2O2S. The summed E-state index contributed by atoms with van der Waals surface area (Å²) in [4.78, 5) is 0. The summed E-state index contributed by atoms with van der Waals surface area (Å²) in [6.07, 6.45) is 2.87. The minimum Gasteiger partial charge on any atom is -0.269 e. The highest BCUT2D eigenvalue weighted by Crippen LogP contribution is 2.28. The second-order valence-corrected chi connectivity index (χ2v) is 7.63. The second-order valence-electron chi connectivity index (χ2n) is 4.69. The molecule has 106 valence electrons. The zero-order valence-electron chi connectivity index (χ0n) is 10.6. The standard InChI is InChI=1S/C12H16BrClN2O2S/c1-9-4-2-3-7-16(9)19(17,18)15-12-8-10(13)5-6-11(12)14/h5-6,8-9,15H,2-4,7H2,1H3. The highest BCUT2D eigenvalue weighted by atomic mass is 79.9. The van der Waals surface area contributed by atoms with Gasteiger partial charge in [0.1, 0.15) is 0 Å². The van der Waals surface area contributed by atoms with Crippen molar-refractivity contribution in [3.8, 4) is 0 Å². The predicted molar refractivity (Wildman–Crippen MR) is 81.7 cm³/mol. The number of nitrogens with zero attached hydrogens (tertiary/aromatic N) is 1. The number of hydrogen-bond acceptors (Lipinski definition) is 2. The second kappa shape index (κ2) is 5.99. The molecule has 0 spiro atoms. The van der Waals surface area contributed by atoms with Crippen LogP contribution in [-0.2, 0) is 10.2 Å². The van der Waals surface area contributed by atoms with E-state index in [1.807, 2.05) is 6.92 Å². The fourth-order valence-electron chi connectivity index (χ4n) is 2.20. The van der Waals surface area contributed by atoms with Gasteiger partial charge in [-0.3, -0.25) is 4.72 Å². The minimum absolute atomic E-state index is 0.0252. The maximum atomic E-state index is 12.4. The van der Waals surface area contributed by atoms with Gasteiger partial charge in [-0.05, 0) is 38.0 Å². The van der Waals surface area contributed by atoms with Gasteiger partial charge in [0.25, 0.3) is 0 Å². The van der Waals surface area contributed by atoms with Crippen LogP contribution >= 0.6 is 27.5 Å². The Balaban J connectivity index is 2.23. The molecule has 1 unspecified atom stereocenters. The van der Waals surface area contributed by atoms with E-state index in [4.69, 9.17) is 11.6 Å². The summed E-state index contributed by atoms with van der Waals surface area (Å²) < 4.78 is 29.6. The Kier molecular flexibility index (Phi) is 4.76. The van der Waals surface area contributed by atoms with Crippen molar-refractivity contribution in [2.45, 2.75) is 32.2 Å². The maximum absolute atomic E-state index is 12.4. The summed E-state index contributed by atoms with van der Waals surface area (Å²) in [6.45, 7) is 2.49. The van der Waals surface area contributed by atoms with Gasteiger partial charge in [0.15, 0.2) is 0 Å². The number of nitrogens with one attached hydrogen (secondary N) is 1. The van der Waals surface area contributed by atoms with Gasteiger partial charge < -0.3 is 0 Å². The van der Waals surface area contributed by atoms with Crippen molar-refractivity contribution in [1.29, 1.82) is 0 Å². The van der Waals surface area contributed by atoms with Gasteiger partial charge in [0.2, 0.25) is 0 Å². The van der Waals surface area contributed by atoms with Gasteiger partial charge in [-0.2, -0.15) is 12.7 Å². The van der Waals surface area contributed by atoms with E-state index < -0.39 is 10.2 Å². The van der Waals surface area contributed by atoms with Crippen molar-refractivity contribution in [2.75, 3.05) is 11.3 Å². The van der Waals surface area contributed by atoms with E-state index in [-0.39, 0.29) is 6.04 Å². The van der Waals surface area contributed by atoms with Crippen molar-refractivity contribution in [3.63, 3.8) is 0 Å². The molecule has 0 radical (unpaired) electrons. The van der Waals surface area contributed by atoms with Gasteiger partial charge in [-0.25, -0.2) is 0 Å². The zero-order valence-corrected chi connectivity index (χ0v) is 13.7. The lowest BCUT2D eigenvalue weighted by molar-refractivity contribution is 0.270. The average molecular weight is 368 g/mol. The van der Waals surface area contributed by atoms with E-state index >= 15 is 0 Å². The summed E-state index contributed by atoms with van der Waals surface area (Å²) in [5.74, 6) is 0. The van der Waals surface area contributed by atoms with Crippen LogP contribution in [0.4, 0.5) is 5.69 Å². The van der Waals surface area contributed by atoms with E-state index in [1.54, 1.807) is 18.2 Å². The van der Waals surface area contributed by atoms with E-state index in [0.29, 0.717) is 17.3 Å². The molecule has 0 aromatic heterocycles. The Morgan fingerprint density at radius 3 is 2.84 bits per heavy atom. The van der Waals surface area contributed by atoms with Crippen molar-refractivity contribution in [1.82, 2.24) is 4.31 Å². The molecule has 1 aliphatic rings. The molecule has 4 nitrogen and oxygen atoms in total. The number of halogens is 2. The molecule has 1 saturated heterocycles. The molecule has 1 aromatic carbocycles. The van der Waals surface area contributed by atoms with Crippen LogP contribution in [0.15, 0.2) is 22.7 Å². The first-order valence-electron chi connectivity index (χ1n) is 6.15. The molecular weight excluding hydrogens is 352 g/mol. The lowest BCUT2D eigenvalue weighted by Gasteiger charge is -2.32. The molecule has 1 aliphatic heterocycles. The minimum atomic E-state index is -3.55. The number of anilines is 1. The third-order valence-corrected chi connectivity index (χ3v) is 5.68. The van der Waals surface area contributed by atoms with E-state index in [2.05, 4.69) is 20.7 Å². The van der Waals surface area contributed by atoms with Crippen LogP contribution in [0.5, 0.6) is 0 Å². The lowest BCUT2D eigenvalue weighted by atomic mass is 10.1. The van der Waals surface area contributed by atoms with Crippen molar-refractivity contribution in [3.05, 3.63) is 27.7 Å². The van der Waals surface area contributed by atoms with Gasteiger partial charge in [0, 0.05) is 17.1 Å². The van der Waals surface area contributed by atoms with Crippen LogP contribution in [0.25, 0.3) is 0 Å². The monoisotopic (exact) mass is 366 g/mol. The highest BCUT2D eigenvalue weighted by Gasteiger charge is 2.29. The first-order valence-corrected chi connectivity index (χ1v) is 8.76. The molecule has 0 saturated carbocycles. The number of piperidine rings is 1. The Labute approximate surface area is 127 Å². The van der Waals surface area contributed by atoms with E-state index in [0.717, 1.165) is 23.7 Å². The van der Waals surface area contributed by atoms with Crippen LogP contribution < -0.4 is 4.72 Å². The first-order chi connectivity index (χ1) is 8.90. The molecule has 1 atom stereocenters. The summed E-state index contributed by atoms with van der Waals surface area (Å²) in [5.41, 5.74) is 0.397. The maximum Gasteiger partial charge on any atom is 0.301 e. The largest absolute Gasteiger partial charge is 0.301 e. The first kappa shape index (κ1) is 15.1. The smallest absolute Gasteiger partial charge is 0.269 e. The molecule has 1 heterocycles. The fraction of sp³-hybridized carbons (Fsp3) is 0.500. The Morgan fingerprint density at radius 2 is 2.16 bits per heavy atom. The van der Waals surface area contributed by atoms with Gasteiger partial charge in [-0.15, -0.1) is 0 Å². The number of rotatable bonds is 3. The SMILES string of the molecule is CC1CCCCN1S(=O)(=O)Nc1cc(Br)ccc1Cl. The Hall–Kier alpha value is -0.300. The van der Waals surface area contributed by atoms with Gasteiger partial charge in [0.05, 0.1) is 10.7 Å². The molecule has 19 heavy (non-hydrogen) atoms. The third kappa shape index (κ3) is 3.62. The van der Waals surface area contributed by atoms with Gasteiger partial charge in [-0.1, -0.05) is 34.0 Å². The molecule has 0 bridgehead atoms. The average Bonchev–Trinajstić information content (AvgIpc) is 2.34. The van der Waals surface area contributed by atoms with E-state index in [9.17, 15) is 8.42 Å². The van der Waals surface area contributed by atoms with Crippen molar-refractivity contribution < 1.29 is 8.42 Å². The number of hydrogen-bond donors (Lipinski definition) is 1. The molecule has 1 aromatic rings. The van der Waals surface area contributed by atoms with Crippen LogP contribution in [0.2, 0.25) is 5.02 Å². The molecule has 1 N–H and O–H groups in total. The zero-order chi connectivity index (χ0) is 14.0. The third-order valence-electron chi connectivity index (χ3n) is 3.22. The fourth-order valence-corrected chi connectivity index (χ4v) is 4.30. The van der Waals surface area contributed by atoms with Crippen LogP contribution in [0, 0.1) is 0 Å². The van der Waals surface area contributed by atoms with Crippen LogP contribution in [0.1, 0.15) is 26.2 Å². The van der Waals surface area contributed by atoms with Crippen LogP contribution in [0.3, 0.4) is 0 Å². The van der Waals surface area contributed by atoms with Gasteiger partial charge >= 0.3 is 10.2 Å². The van der Waals surface area contributed by atoms with Crippen molar-refractivity contribution in [2.24, 2.45) is 0 Å². The summed E-state index contributed by atoms with van der Waals surface area (Å²) in [7, 11) is -3.55. The summed E-state index contributed by atoms with van der Waals surface area (Å²) in [5, 5.41) is 0.386. The Bertz CT molecular complexity index is 565. The summed E-state index contributed by atoms with van der Waals surface area (Å²) in [6, 6.07) is 5.11. The predicted octanol–water partition coefficient (Wildman–Crippen LogP) is 3.63. The quantitative estimate of drug-likeness (QED) is 0.887. The molecule has 7 heteroatoms. The molecule has 0 amide bonds. The van der Waals surface area contributed by atoms with E-state index in [1.165, 1.54) is 4.31 Å². The molecule has 0 aliphatic carbocycles. The van der Waals surface area contributed by atoms with Crippen LogP contribution in [-0.4, -0.2) is 25.3 Å². The summed E-state index contributed by atoms with van der Waals surface area (Å²) >= 11 is 9.32. The topological polar surface area (TPSA) is 49.4 Å². The highest BCUT2D eigenvalue weighted by molar-refractivity contribution is 9.10. The Morgan fingerprint density at radius 1 is 1.42 bits per heavy atom. The molecule has 2 rings (SSSR count). The number of benzene rings is 1. The molecule has 1 fully saturated rings. The normalized spacial score (nSPS) is 21.3.